The number of aromatic nitrogens is 6. The van der Waals surface area contributed by atoms with Crippen LogP contribution in [0.2, 0.25) is 0 Å². The van der Waals surface area contributed by atoms with Crippen molar-refractivity contribution in [2.45, 2.75) is 0 Å². The molecule has 3 aromatic heterocycles. The predicted octanol–water partition coefficient (Wildman–Crippen LogP) is 2.90. The van der Waals surface area contributed by atoms with Gasteiger partial charge in [-0.2, -0.15) is 10.1 Å². The summed E-state index contributed by atoms with van der Waals surface area (Å²) in [5.74, 6) is 0.320. The number of hydrogen-bond acceptors (Lipinski definition) is 7. The number of rotatable bonds is 3. The predicted molar refractivity (Wildman–Crippen MR) is 99.9 cm³/mol. The zero-order valence-corrected chi connectivity index (χ0v) is 13.5. The summed E-state index contributed by atoms with van der Waals surface area (Å²) in [4.78, 5) is 16.2. The summed E-state index contributed by atoms with van der Waals surface area (Å²) in [6.45, 7) is 0. The molecule has 5 aromatic rings. The Morgan fingerprint density at radius 2 is 1.85 bits per heavy atom. The molecule has 2 aromatic carbocycles. The third-order valence-corrected chi connectivity index (χ3v) is 3.99. The van der Waals surface area contributed by atoms with E-state index in [9.17, 15) is 0 Å². The largest absolute Gasteiger partial charge is 0.338 e. The van der Waals surface area contributed by atoms with Gasteiger partial charge >= 0.3 is 0 Å². The van der Waals surface area contributed by atoms with Crippen LogP contribution in [0.25, 0.3) is 33.1 Å². The molecule has 0 bridgehead atoms. The lowest BCUT2D eigenvalue weighted by Gasteiger charge is -1.99. The van der Waals surface area contributed by atoms with Gasteiger partial charge in [-0.05, 0) is 23.8 Å². The summed E-state index contributed by atoms with van der Waals surface area (Å²) in [6, 6.07) is 13.6. The van der Waals surface area contributed by atoms with Crippen LogP contribution in [0.4, 0.5) is 5.95 Å². The third-order valence-electron chi connectivity index (χ3n) is 3.99. The van der Waals surface area contributed by atoms with Gasteiger partial charge in [-0.15, -0.1) is 10.2 Å². The lowest BCUT2D eigenvalue weighted by molar-refractivity contribution is 1.01. The van der Waals surface area contributed by atoms with Gasteiger partial charge in [0.1, 0.15) is 5.52 Å². The lowest BCUT2D eigenvalue weighted by atomic mass is 10.2. The van der Waals surface area contributed by atoms with E-state index in [4.69, 9.17) is 0 Å². The van der Waals surface area contributed by atoms with Crippen LogP contribution in [0.3, 0.4) is 0 Å². The van der Waals surface area contributed by atoms with Crippen LogP contribution in [0, 0.1) is 0 Å². The first kappa shape index (κ1) is 14.4. The molecule has 0 aliphatic carbocycles. The smallest absolute Gasteiger partial charge is 0.265 e. The summed E-state index contributed by atoms with van der Waals surface area (Å²) in [6.07, 6.45) is 5.01. The van der Waals surface area contributed by atoms with Crippen molar-refractivity contribution in [3.05, 3.63) is 60.4 Å². The Bertz CT molecular complexity index is 1270. The summed E-state index contributed by atoms with van der Waals surface area (Å²) >= 11 is 0. The highest BCUT2D eigenvalue weighted by atomic mass is 15.4. The van der Waals surface area contributed by atoms with Gasteiger partial charge in [-0.1, -0.05) is 24.3 Å². The maximum Gasteiger partial charge on any atom is 0.265 e. The van der Waals surface area contributed by atoms with E-state index < -0.39 is 0 Å². The number of hydrogen-bond donors (Lipinski definition) is 2. The van der Waals surface area contributed by atoms with E-state index in [0.29, 0.717) is 11.6 Å². The molecule has 0 fully saturated rings. The van der Waals surface area contributed by atoms with E-state index in [1.165, 1.54) is 0 Å². The van der Waals surface area contributed by atoms with Gasteiger partial charge in [-0.3, -0.25) is 9.97 Å². The second-order valence-corrected chi connectivity index (χ2v) is 5.68. The number of anilines is 1. The first-order valence-electron chi connectivity index (χ1n) is 7.98. The van der Waals surface area contributed by atoms with Crippen molar-refractivity contribution in [3.63, 3.8) is 0 Å². The molecule has 0 radical (unpaired) electrons. The maximum atomic E-state index is 4.42. The second-order valence-electron chi connectivity index (χ2n) is 5.68. The molecule has 0 amide bonds. The quantitative estimate of drug-likeness (QED) is 0.386. The molecule has 0 unspecified atom stereocenters. The van der Waals surface area contributed by atoms with Gasteiger partial charge in [0.15, 0.2) is 5.65 Å². The Hall–Kier alpha value is -3.94. The number of benzene rings is 2. The van der Waals surface area contributed by atoms with Gasteiger partial charge in [0.2, 0.25) is 0 Å². The fourth-order valence-corrected chi connectivity index (χ4v) is 2.79. The average Bonchev–Trinajstić information content (AvgIpc) is 3.06. The minimum atomic E-state index is 0.320. The molecule has 5 rings (SSSR count). The molecule has 3 heterocycles. The average molecular weight is 340 g/mol. The van der Waals surface area contributed by atoms with Crippen molar-refractivity contribution in [3.8, 4) is 0 Å². The van der Waals surface area contributed by atoms with E-state index in [2.05, 4.69) is 40.7 Å². The zero-order chi connectivity index (χ0) is 17.3. The number of H-pyrrole nitrogens is 1. The number of hydrazone groups is 1. The van der Waals surface area contributed by atoms with Crippen molar-refractivity contribution in [2.24, 2.45) is 5.10 Å². The van der Waals surface area contributed by atoms with Crippen molar-refractivity contribution >= 4 is 45.3 Å². The van der Waals surface area contributed by atoms with Crippen LogP contribution in [-0.4, -0.2) is 36.3 Å². The van der Waals surface area contributed by atoms with Crippen LogP contribution < -0.4 is 5.43 Å². The maximum absolute atomic E-state index is 4.42. The molecule has 0 aliphatic heterocycles. The molecule has 0 atom stereocenters. The summed E-state index contributed by atoms with van der Waals surface area (Å²) in [5.41, 5.74) is 7.74. The molecular formula is C18H12N8. The Morgan fingerprint density at radius 1 is 0.962 bits per heavy atom. The van der Waals surface area contributed by atoms with Crippen molar-refractivity contribution in [1.82, 2.24) is 30.1 Å². The van der Waals surface area contributed by atoms with Gasteiger partial charge in [-0.25, -0.2) is 5.43 Å². The molecule has 0 saturated carbocycles. The molecule has 124 valence electrons. The van der Waals surface area contributed by atoms with Gasteiger partial charge in [0.25, 0.3) is 5.95 Å². The zero-order valence-electron chi connectivity index (χ0n) is 13.5. The second kappa shape index (κ2) is 5.85. The van der Waals surface area contributed by atoms with Crippen LogP contribution in [0.5, 0.6) is 0 Å². The topological polar surface area (TPSA) is 105 Å². The Kier molecular flexibility index (Phi) is 3.24. The highest BCUT2D eigenvalue weighted by molar-refractivity contribution is 6.03. The molecule has 26 heavy (non-hydrogen) atoms. The highest BCUT2D eigenvalue weighted by Gasteiger charge is 2.07. The van der Waals surface area contributed by atoms with E-state index in [1.54, 1.807) is 18.6 Å². The highest BCUT2D eigenvalue weighted by Crippen LogP contribution is 2.21. The minimum absolute atomic E-state index is 0.320. The number of aromatic amines is 1. The Labute approximate surface area is 147 Å². The van der Waals surface area contributed by atoms with Crippen molar-refractivity contribution in [1.29, 1.82) is 0 Å². The third kappa shape index (κ3) is 2.49. The monoisotopic (exact) mass is 340 g/mol. The minimum Gasteiger partial charge on any atom is -0.338 e. The number of nitrogens with one attached hydrogen (secondary N) is 2. The number of nitrogens with zero attached hydrogens (tertiary/aromatic N) is 6. The SMILES string of the molecule is C(=NNc1nnc2c(n1)[nH]c1ccccc12)c1ccc2nccnc2c1. The van der Waals surface area contributed by atoms with Crippen LogP contribution in [-0.2, 0) is 0 Å². The summed E-state index contributed by atoms with van der Waals surface area (Å²) in [7, 11) is 0. The van der Waals surface area contributed by atoms with Crippen LogP contribution >= 0.6 is 0 Å². The lowest BCUT2D eigenvalue weighted by Crippen LogP contribution is -1.99. The van der Waals surface area contributed by atoms with Crippen LogP contribution in [0.1, 0.15) is 5.56 Å². The molecule has 0 saturated heterocycles. The molecule has 8 nitrogen and oxygen atoms in total. The van der Waals surface area contributed by atoms with Gasteiger partial charge in [0, 0.05) is 23.3 Å². The summed E-state index contributed by atoms with van der Waals surface area (Å²) < 4.78 is 0. The number of para-hydroxylation sites is 1. The number of fused-ring (bicyclic) bond motifs is 4. The van der Waals surface area contributed by atoms with Gasteiger partial charge in [0.05, 0.1) is 17.2 Å². The van der Waals surface area contributed by atoms with Gasteiger partial charge < -0.3 is 4.98 Å². The molecule has 8 heteroatoms. The first-order chi connectivity index (χ1) is 12.9. The standard InChI is InChI=1S/C18H12N8/c1-2-4-13-12(3-1)16-17(22-13)23-18(26-24-16)25-21-10-11-5-6-14-15(9-11)20-8-7-19-14/h1-10H,(H2,22,23,25,26). The summed E-state index contributed by atoms with van der Waals surface area (Å²) in [5, 5.41) is 13.5. The molecular weight excluding hydrogens is 328 g/mol. The normalized spacial score (nSPS) is 11.7. The van der Waals surface area contributed by atoms with Crippen molar-refractivity contribution < 1.29 is 0 Å². The Morgan fingerprint density at radius 3 is 2.81 bits per heavy atom. The van der Waals surface area contributed by atoms with E-state index in [-0.39, 0.29) is 0 Å². The molecule has 0 spiro atoms. The molecule has 0 aliphatic rings. The fourth-order valence-electron chi connectivity index (χ4n) is 2.79. The first-order valence-corrected chi connectivity index (χ1v) is 7.98. The van der Waals surface area contributed by atoms with Crippen molar-refractivity contribution in [2.75, 3.05) is 5.43 Å². The van der Waals surface area contributed by atoms with Crippen LogP contribution in [0.15, 0.2) is 60.0 Å². The molecule has 2 N–H and O–H groups in total. The van der Waals surface area contributed by atoms with E-state index in [0.717, 1.165) is 33.0 Å². The fraction of sp³-hybridized carbons (Fsp3) is 0. The van der Waals surface area contributed by atoms with E-state index in [1.807, 2.05) is 42.5 Å². The van der Waals surface area contributed by atoms with E-state index >= 15 is 0 Å². The Balaban J connectivity index is 1.41.